The third kappa shape index (κ3) is 4.46. The molecule has 2 aromatic carbocycles. The summed E-state index contributed by atoms with van der Waals surface area (Å²) in [5.74, 6) is -2.81. The molecule has 0 saturated carbocycles. The SMILES string of the molecule is Cc1c(Cl)cccc1N(CC(=O)Nc1c(F)cccc1F)S(C)(=O)=O. The van der Waals surface area contributed by atoms with Crippen molar-refractivity contribution in [2.45, 2.75) is 6.92 Å². The lowest BCUT2D eigenvalue weighted by Crippen LogP contribution is -2.38. The average Bonchev–Trinajstić information content (AvgIpc) is 2.51. The van der Waals surface area contributed by atoms with Gasteiger partial charge in [-0.2, -0.15) is 0 Å². The van der Waals surface area contributed by atoms with E-state index in [9.17, 15) is 22.0 Å². The van der Waals surface area contributed by atoms with Gasteiger partial charge < -0.3 is 5.32 Å². The van der Waals surface area contributed by atoms with Gasteiger partial charge in [0.2, 0.25) is 15.9 Å². The van der Waals surface area contributed by atoms with Crippen LogP contribution in [0.2, 0.25) is 5.02 Å². The summed E-state index contributed by atoms with van der Waals surface area (Å²) in [6.07, 6.45) is 0.921. The van der Waals surface area contributed by atoms with Crippen LogP contribution in [0.4, 0.5) is 20.2 Å². The molecule has 0 spiro atoms. The van der Waals surface area contributed by atoms with E-state index >= 15 is 0 Å². The van der Waals surface area contributed by atoms with Gasteiger partial charge in [-0.3, -0.25) is 9.10 Å². The number of hydrogen-bond acceptors (Lipinski definition) is 3. The highest BCUT2D eigenvalue weighted by Crippen LogP contribution is 2.28. The summed E-state index contributed by atoms with van der Waals surface area (Å²) in [6, 6.07) is 7.72. The van der Waals surface area contributed by atoms with Crippen molar-refractivity contribution in [3.8, 4) is 0 Å². The Morgan fingerprint density at radius 3 is 2.28 bits per heavy atom. The third-order valence-electron chi connectivity index (χ3n) is 3.42. The number of hydrogen-bond donors (Lipinski definition) is 1. The number of amides is 1. The number of benzene rings is 2. The molecule has 0 aliphatic rings. The summed E-state index contributed by atoms with van der Waals surface area (Å²) < 4.78 is 52.2. The molecule has 0 aliphatic heterocycles. The molecule has 1 N–H and O–H groups in total. The molecule has 0 bridgehead atoms. The van der Waals surface area contributed by atoms with Crippen molar-refractivity contribution in [3.63, 3.8) is 0 Å². The monoisotopic (exact) mass is 388 g/mol. The highest BCUT2D eigenvalue weighted by atomic mass is 35.5. The molecule has 2 aromatic rings. The first-order chi connectivity index (χ1) is 11.6. The number of carbonyl (C=O) groups is 1. The van der Waals surface area contributed by atoms with Crippen molar-refractivity contribution < 1.29 is 22.0 Å². The molecule has 5 nitrogen and oxygen atoms in total. The fraction of sp³-hybridized carbons (Fsp3) is 0.188. The molecule has 134 valence electrons. The largest absolute Gasteiger partial charge is 0.320 e. The number of nitrogens with zero attached hydrogens (tertiary/aromatic N) is 1. The number of nitrogens with one attached hydrogen (secondary N) is 1. The quantitative estimate of drug-likeness (QED) is 0.854. The molecule has 1 amide bonds. The van der Waals surface area contributed by atoms with Crippen molar-refractivity contribution in [1.82, 2.24) is 0 Å². The molecule has 9 heteroatoms. The molecule has 0 saturated heterocycles. The Bertz CT molecular complexity index is 899. The summed E-state index contributed by atoms with van der Waals surface area (Å²) >= 11 is 5.99. The Balaban J connectivity index is 2.32. The van der Waals surface area contributed by atoms with E-state index in [1.807, 2.05) is 0 Å². The fourth-order valence-electron chi connectivity index (χ4n) is 2.17. The van der Waals surface area contributed by atoms with Gasteiger partial charge in [0.1, 0.15) is 23.9 Å². The van der Waals surface area contributed by atoms with Crippen LogP contribution >= 0.6 is 11.6 Å². The Hall–Kier alpha value is -2.19. The lowest BCUT2D eigenvalue weighted by Gasteiger charge is -2.24. The minimum atomic E-state index is -3.84. The number of halogens is 3. The van der Waals surface area contributed by atoms with Gasteiger partial charge in [-0.1, -0.05) is 23.7 Å². The van der Waals surface area contributed by atoms with E-state index in [-0.39, 0.29) is 5.69 Å². The van der Waals surface area contributed by atoms with Crippen LogP contribution in [0.25, 0.3) is 0 Å². The van der Waals surface area contributed by atoms with Crippen LogP contribution in [0, 0.1) is 18.6 Å². The fourth-order valence-corrected chi connectivity index (χ4v) is 3.25. The first-order valence-electron chi connectivity index (χ1n) is 7.08. The Labute approximate surface area is 149 Å². The van der Waals surface area contributed by atoms with E-state index < -0.39 is 39.8 Å². The number of carbonyl (C=O) groups excluding carboxylic acids is 1. The van der Waals surface area contributed by atoms with Gasteiger partial charge in [0.25, 0.3) is 0 Å². The molecule has 2 rings (SSSR count). The molecule has 0 heterocycles. The van der Waals surface area contributed by atoms with Gasteiger partial charge in [0, 0.05) is 5.02 Å². The van der Waals surface area contributed by atoms with E-state index in [1.54, 1.807) is 13.0 Å². The summed E-state index contributed by atoms with van der Waals surface area (Å²) in [7, 11) is -3.84. The third-order valence-corrected chi connectivity index (χ3v) is 4.96. The lowest BCUT2D eigenvalue weighted by molar-refractivity contribution is -0.114. The number of rotatable bonds is 5. The van der Waals surface area contributed by atoms with Gasteiger partial charge in [0.05, 0.1) is 11.9 Å². The Morgan fingerprint density at radius 2 is 1.72 bits per heavy atom. The van der Waals surface area contributed by atoms with E-state index in [0.29, 0.717) is 10.6 Å². The van der Waals surface area contributed by atoms with E-state index in [2.05, 4.69) is 5.32 Å². The minimum Gasteiger partial charge on any atom is -0.320 e. The first-order valence-corrected chi connectivity index (χ1v) is 9.30. The predicted molar refractivity (Wildman–Crippen MR) is 93.4 cm³/mol. The van der Waals surface area contributed by atoms with Crippen molar-refractivity contribution in [2.24, 2.45) is 0 Å². The predicted octanol–water partition coefficient (Wildman–Crippen LogP) is 3.33. The van der Waals surface area contributed by atoms with Gasteiger partial charge in [0.15, 0.2) is 0 Å². The van der Waals surface area contributed by atoms with E-state index in [4.69, 9.17) is 11.6 Å². The van der Waals surface area contributed by atoms with Gasteiger partial charge >= 0.3 is 0 Å². The molecule has 0 aliphatic carbocycles. The van der Waals surface area contributed by atoms with Crippen LogP contribution in [0.3, 0.4) is 0 Å². The second-order valence-electron chi connectivity index (χ2n) is 5.30. The van der Waals surface area contributed by atoms with Crippen LogP contribution < -0.4 is 9.62 Å². The zero-order chi connectivity index (χ0) is 18.8. The Kier molecular flexibility index (Phi) is 5.64. The molecular formula is C16H15ClF2N2O3S. The van der Waals surface area contributed by atoms with Crippen molar-refractivity contribution >= 4 is 38.9 Å². The summed E-state index contributed by atoms with van der Waals surface area (Å²) in [5.41, 5.74) is 0.0300. The van der Waals surface area contributed by atoms with Crippen LogP contribution in [0.5, 0.6) is 0 Å². The topological polar surface area (TPSA) is 66.5 Å². The van der Waals surface area contributed by atoms with Crippen LogP contribution in [-0.2, 0) is 14.8 Å². The lowest BCUT2D eigenvalue weighted by atomic mass is 10.2. The van der Waals surface area contributed by atoms with E-state index in [1.165, 1.54) is 12.1 Å². The molecule has 0 unspecified atom stereocenters. The zero-order valence-corrected chi connectivity index (χ0v) is 15.0. The molecule has 0 atom stereocenters. The first kappa shape index (κ1) is 19.1. The molecule has 0 fully saturated rings. The highest BCUT2D eigenvalue weighted by molar-refractivity contribution is 7.92. The second-order valence-corrected chi connectivity index (χ2v) is 7.61. The highest BCUT2D eigenvalue weighted by Gasteiger charge is 2.24. The normalized spacial score (nSPS) is 11.2. The van der Waals surface area contributed by atoms with Crippen LogP contribution in [0.15, 0.2) is 36.4 Å². The Morgan fingerprint density at radius 1 is 1.16 bits per heavy atom. The molecule has 25 heavy (non-hydrogen) atoms. The maximum Gasteiger partial charge on any atom is 0.245 e. The second kappa shape index (κ2) is 7.37. The summed E-state index contributed by atoms with van der Waals surface area (Å²) in [4.78, 5) is 12.2. The molecule has 0 aromatic heterocycles. The van der Waals surface area contributed by atoms with Gasteiger partial charge in [-0.25, -0.2) is 17.2 Å². The van der Waals surface area contributed by atoms with Gasteiger partial charge in [-0.05, 0) is 36.8 Å². The maximum atomic E-state index is 13.6. The van der Waals surface area contributed by atoms with Crippen LogP contribution in [-0.4, -0.2) is 27.1 Å². The number of para-hydroxylation sites is 1. The van der Waals surface area contributed by atoms with Crippen molar-refractivity contribution in [1.29, 1.82) is 0 Å². The van der Waals surface area contributed by atoms with Gasteiger partial charge in [-0.15, -0.1) is 0 Å². The number of anilines is 2. The smallest absolute Gasteiger partial charge is 0.245 e. The summed E-state index contributed by atoms with van der Waals surface area (Å²) in [6.45, 7) is 0.943. The van der Waals surface area contributed by atoms with Crippen LogP contribution in [0.1, 0.15) is 5.56 Å². The minimum absolute atomic E-state index is 0.208. The average molecular weight is 389 g/mol. The summed E-state index contributed by atoms with van der Waals surface area (Å²) in [5, 5.41) is 2.38. The molecule has 0 radical (unpaired) electrons. The number of sulfonamides is 1. The standard InChI is InChI=1S/C16H15ClF2N2O3S/c1-10-11(17)5-3-8-14(10)21(25(2,23)24)9-15(22)20-16-12(18)6-4-7-13(16)19/h3-8H,9H2,1-2H3,(H,20,22). The maximum absolute atomic E-state index is 13.6. The van der Waals surface area contributed by atoms with E-state index in [0.717, 1.165) is 28.8 Å². The molecular weight excluding hydrogens is 374 g/mol. The van der Waals surface area contributed by atoms with Crippen molar-refractivity contribution in [2.75, 3.05) is 22.4 Å². The zero-order valence-electron chi connectivity index (χ0n) is 13.4. The van der Waals surface area contributed by atoms with Crippen molar-refractivity contribution in [3.05, 3.63) is 58.6 Å².